The van der Waals surface area contributed by atoms with E-state index in [2.05, 4.69) is 4.98 Å². The molecule has 2 aromatic heterocycles. The molecule has 0 atom stereocenters. The van der Waals surface area contributed by atoms with Gasteiger partial charge >= 0.3 is 0 Å². The molecule has 1 fully saturated rings. The van der Waals surface area contributed by atoms with E-state index in [4.69, 9.17) is 11.6 Å². The van der Waals surface area contributed by atoms with Gasteiger partial charge in [-0.2, -0.15) is 0 Å². The number of aliphatic hydroxyl groups is 1. The fraction of sp³-hybridized carbons (Fsp3) is 0.385. The average molecular weight is 280 g/mol. The van der Waals surface area contributed by atoms with Crippen LogP contribution in [0.2, 0.25) is 5.02 Å². The summed E-state index contributed by atoms with van der Waals surface area (Å²) >= 11 is 5.85. The van der Waals surface area contributed by atoms with Crippen molar-refractivity contribution in [2.75, 3.05) is 13.1 Å². The van der Waals surface area contributed by atoms with Gasteiger partial charge in [-0.25, -0.2) is 4.98 Å². The predicted octanol–water partition coefficient (Wildman–Crippen LogP) is 0.915. The van der Waals surface area contributed by atoms with E-state index in [0.29, 0.717) is 36.0 Å². The molecular formula is C13H14ClN3O2. The molecule has 3 rings (SSSR count). The Bertz CT molecular complexity index is 688. The largest absolute Gasteiger partial charge is 0.388 e. The van der Waals surface area contributed by atoms with Gasteiger partial charge in [0, 0.05) is 31.9 Å². The van der Waals surface area contributed by atoms with Crippen LogP contribution >= 0.6 is 11.6 Å². The van der Waals surface area contributed by atoms with Gasteiger partial charge in [-0.1, -0.05) is 11.6 Å². The molecule has 2 aromatic rings. The molecule has 100 valence electrons. The molecule has 0 saturated carbocycles. The Balaban J connectivity index is 1.90. The maximum Gasteiger partial charge on any atom is 0.258 e. The van der Waals surface area contributed by atoms with E-state index >= 15 is 0 Å². The van der Waals surface area contributed by atoms with E-state index in [1.165, 1.54) is 10.5 Å². The minimum absolute atomic E-state index is 0.144. The lowest BCUT2D eigenvalue weighted by Gasteiger charge is -2.44. The van der Waals surface area contributed by atoms with Gasteiger partial charge in [-0.3, -0.25) is 14.1 Å². The van der Waals surface area contributed by atoms with Crippen LogP contribution in [0.25, 0.3) is 5.65 Å². The molecular weight excluding hydrogens is 266 g/mol. The zero-order chi connectivity index (χ0) is 13.6. The molecule has 1 aliphatic heterocycles. The first-order chi connectivity index (χ1) is 8.93. The van der Waals surface area contributed by atoms with Crippen LogP contribution in [0.15, 0.2) is 29.2 Å². The van der Waals surface area contributed by atoms with Crippen LogP contribution in [-0.2, 0) is 6.54 Å². The van der Waals surface area contributed by atoms with E-state index in [-0.39, 0.29) is 5.56 Å². The van der Waals surface area contributed by atoms with Crippen molar-refractivity contribution in [2.45, 2.75) is 19.1 Å². The highest BCUT2D eigenvalue weighted by molar-refractivity contribution is 6.30. The van der Waals surface area contributed by atoms with Crippen LogP contribution in [0, 0.1) is 0 Å². The smallest absolute Gasteiger partial charge is 0.258 e. The van der Waals surface area contributed by atoms with Gasteiger partial charge in [-0.05, 0) is 19.1 Å². The molecule has 1 saturated heterocycles. The van der Waals surface area contributed by atoms with Gasteiger partial charge in [0.05, 0.1) is 16.3 Å². The lowest BCUT2D eigenvalue weighted by Crippen LogP contribution is -2.59. The maximum absolute atomic E-state index is 12.0. The Morgan fingerprint density at radius 1 is 1.47 bits per heavy atom. The second kappa shape index (κ2) is 4.30. The molecule has 0 aromatic carbocycles. The Kier molecular flexibility index (Phi) is 2.85. The number of halogens is 1. The first-order valence-corrected chi connectivity index (χ1v) is 6.43. The standard InChI is InChI=1S/C13H14ClN3O2/c1-13(19)7-16(8-13)6-10-4-12(18)17-5-9(14)2-3-11(17)15-10/h2-5,19H,6-8H2,1H3. The van der Waals surface area contributed by atoms with Crippen LogP contribution in [-0.4, -0.2) is 38.1 Å². The summed E-state index contributed by atoms with van der Waals surface area (Å²) in [5, 5.41) is 10.2. The molecule has 6 heteroatoms. The molecule has 1 aliphatic rings. The first kappa shape index (κ1) is 12.6. The highest BCUT2D eigenvalue weighted by atomic mass is 35.5. The van der Waals surface area contributed by atoms with Gasteiger partial charge in [0.15, 0.2) is 0 Å². The molecule has 1 N–H and O–H groups in total. The van der Waals surface area contributed by atoms with Gasteiger partial charge < -0.3 is 5.11 Å². The van der Waals surface area contributed by atoms with Gasteiger partial charge in [0.2, 0.25) is 0 Å². The third-order valence-electron chi connectivity index (χ3n) is 3.19. The summed E-state index contributed by atoms with van der Waals surface area (Å²) in [5.41, 5.74) is 0.538. The quantitative estimate of drug-likeness (QED) is 0.888. The number of likely N-dealkylation sites (tertiary alicyclic amines) is 1. The predicted molar refractivity (Wildman–Crippen MR) is 72.4 cm³/mol. The minimum Gasteiger partial charge on any atom is -0.388 e. The molecule has 0 aliphatic carbocycles. The van der Waals surface area contributed by atoms with E-state index in [1.54, 1.807) is 25.3 Å². The summed E-state index contributed by atoms with van der Waals surface area (Å²) in [6.07, 6.45) is 1.56. The van der Waals surface area contributed by atoms with Gasteiger partial charge in [0.1, 0.15) is 5.65 Å². The van der Waals surface area contributed by atoms with Crippen molar-refractivity contribution < 1.29 is 5.11 Å². The number of hydrogen-bond acceptors (Lipinski definition) is 4. The van der Waals surface area contributed by atoms with Crippen molar-refractivity contribution in [1.29, 1.82) is 0 Å². The van der Waals surface area contributed by atoms with Gasteiger partial charge in [-0.15, -0.1) is 0 Å². The Labute approximate surface area is 115 Å². The van der Waals surface area contributed by atoms with E-state index in [0.717, 1.165) is 0 Å². The number of hydrogen-bond donors (Lipinski definition) is 1. The second-order valence-corrected chi connectivity index (χ2v) is 5.74. The average Bonchev–Trinajstić information content (AvgIpc) is 2.28. The number of nitrogens with zero attached hydrogens (tertiary/aromatic N) is 3. The monoisotopic (exact) mass is 279 g/mol. The van der Waals surface area contributed by atoms with E-state index in [1.807, 2.05) is 4.90 Å². The molecule has 19 heavy (non-hydrogen) atoms. The molecule has 0 spiro atoms. The third kappa shape index (κ3) is 2.49. The van der Waals surface area contributed by atoms with Crippen molar-refractivity contribution in [3.8, 4) is 0 Å². The number of rotatable bonds is 2. The molecule has 0 unspecified atom stereocenters. The summed E-state index contributed by atoms with van der Waals surface area (Å²) in [7, 11) is 0. The van der Waals surface area contributed by atoms with Crippen LogP contribution in [0.3, 0.4) is 0 Å². The third-order valence-corrected chi connectivity index (χ3v) is 3.41. The number of fused-ring (bicyclic) bond motifs is 1. The topological polar surface area (TPSA) is 57.8 Å². The fourth-order valence-corrected chi connectivity index (χ4v) is 2.63. The van der Waals surface area contributed by atoms with Crippen molar-refractivity contribution in [2.24, 2.45) is 0 Å². The second-order valence-electron chi connectivity index (χ2n) is 5.30. The van der Waals surface area contributed by atoms with Crippen LogP contribution in [0.4, 0.5) is 0 Å². The minimum atomic E-state index is -0.612. The van der Waals surface area contributed by atoms with E-state index < -0.39 is 5.60 Å². The molecule has 0 radical (unpaired) electrons. The summed E-state index contributed by atoms with van der Waals surface area (Å²) in [5.74, 6) is 0. The lowest BCUT2D eigenvalue weighted by molar-refractivity contribution is -0.0875. The Hall–Kier alpha value is -1.43. The number of pyridine rings is 1. The van der Waals surface area contributed by atoms with Crippen molar-refractivity contribution in [3.63, 3.8) is 0 Å². The van der Waals surface area contributed by atoms with Crippen molar-refractivity contribution >= 4 is 17.2 Å². The Morgan fingerprint density at radius 2 is 2.21 bits per heavy atom. The summed E-state index contributed by atoms with van der Waals surface area (Å²) in [6.45, 7) is 3.59. The summed E-state index contributed by atoms with van der Waals surface area (Å²) < 4.78 is 1.43. The van der Waals surface area contributed by atoms with Crippen LogP contribution in [0.5, 0.6) is 0 Å². The fourth-order valence-electron chi connectivity index (χ4n) is 2.47. The molecule has 0 amide bonds. The maximum atomic E-state index is 12.0. The first-order valence-electron chi connectivity index (χ1n) is 6.06. The normalized spacial score (nSPS) is 18.5. The highest BCUT2D eigenvalue weighted by Crippen LogP contribution is 2.21. The van der Waals surface area contributed by atoms with Crippen LogP contribution in [0.1, 0.15) is 12.6 Å². The SMILES string of the molecule is CC1(O)CN(Cc2cc(=O)n3cc(Cl)ccc3n2)C1. The van der Waals surface area contributed by atoms with Crippen molar-refractivity contribution in [1.82, 2.24) is 14.3 Å². The van der Waals surface area contributed by atoms with Crippen molar-refractivity contribution in [3.05, 3.63) is 45.5 Å². The number of β-amino-alcohol motifs (C(OH)–C–C–N with tert-alkyl or cyclic N) is 1. The summed E-state index contributed by atoms with van der Waals surface area (Å²) in [4.78, 5) is 18.4. The Morgan fingerprint density at radius 3 is 2.89 bits per heavy atom. The molecule has 3 heterocycles. The van der Waals surface area contributed by atoms with Gasteiger partial charge in [0.25, 0.3) is 5.56 Å². The molecule has 0 bridgehead atoms. The molecule has 5 nitrogen and oxygen atoms in total. The van der Waals surface area contributed by atoms with Crippen LogP contribution < -0.4 is 5.56 Å². The zero-order valence-corrected chi connectivity index (χ0v) is 11.3. The number of aromatic nitrogens is 2. The lowest BCUT2D eigenvalue weighted by atomic mass is 9.97. The highest BCUT2D eigenvalue weighted by Gasteiger charge is 2.36. The van der Waals surface area contributed by atoms with E-state index in [9.17, 15) is 9.90 Å². The summed E-state index contributed by atoms with van der Waals surface area (Å²) in [6, 6.07) is 4.94. The zero-order valence-electron chi connectivity index (χ0n) is 10.5.